The lowest BCUT2D eigenvalue weighted by molar-refractivity contribution is 0.363. The van der Waals surface area contributed by atoms with Crippen molar-refractivity contribution in [3.05, 3.63) is 47.9 Å². The maximum absolute atomic E-state index is 5.52. The summed E-state index contributed by atoms with van der Waals surface area (Å²) in [5, 5.41) is 9.76. The normalized spacial score (nSPS) is 14.2. The molecule has 0 aromatic carbocycles. The molecule has 0 bridgehead atoms. The number of hydrogen-bond acceptors (Lipinski definition) is 5. The van der Waals surface area contributed by atoms with E-state index in [1.54, 1.807) is 23.8 Å². The highest BCUT2D eigenvalue weighted by atomic mass is 32.1. The van der Waals surface area contributed by atoms with Crippen LogP contribution in [0.15, 0.2) is 46.7 Å². The van der Waals surface area contributed by atoms with Crippen LogP contribution in [0.4, 0.5) is 0 Å². The fraction of sp³-hybridized carbons (Fsp3) is 0.333. The third-order valence-electron chi connectivity index (χ3n) is 3.55. The maximum Gasteiger partial charge on any atom is 0.236 e. The second kappa shape index (κ2) is 6.24. The first kappa shape index (κ1) is 14.0. The summed E-state index contributed by atoms with van der Waals surface area (Å²) < 4.78 is 7.47. The topological polar surface area (TPSA) is 55.9 Å². The molecule has 5 nitrogen and oxygen atoms in total. The molecule has 0 saturated carbocycles. The van der Waals surface area contributed by atoms with E-state index < -0.39 is 0 Å². The van der Waals surface area contributed by atoms with Crippen LogP contribution in [-0.4, -0.2) is 20.8 Å². The van der Waals surface area contributed by atoms with Crippen molar-refractivity contribution in [1.29, 1.82) is 0 Å². The number of nitrogens with one attached hydrogen (secondary N) is 1. The van der Waals surface area contributed by atoms with Crippen LogP contribution < -0.4 is 5.32 Å². The summed E-state index contributed by atoms with van der Waals surface area (Å²) in [6.07, 6.45) is 5.50. The van der Waals surface area contributed by atoms with Crippen LogP contribution in [0.1, 0.15) is 25.6 Å². The third kappa shape index (κ3) is 3.22. The van der Waals surface area contributed by atoms with Gasteiger partial charge in [0.25, 0.3) is 0 Å². The molecule has 0 aliphatic rings. The smallest absolute Gasteiger partial charge is 0.236 e. The predicted molar refractivity (Wildman–Crippen MR) is 83.1 cm³/mol. The second-order valence-electron chi connectivity index (χ2n) is 5.02. The van der Waals surface area contributed by atoms with E-state index in [1.165, 1.54) is 0 Å². The zero-order valence-electron chi connectivity index (χ0n) is 12.1. The van der Waals surface area contributed by atoms with Gasteiger partial charge < -0.3 is 9.73 Å². The van der Waals surface area contributed by atoms with Gasteiger partial charge in [-0.2, -0.15) is 5.10 Å². The first-order valence-corrected chi connectivity index (χ1v) is 7.83. The van der Waals surface area contributed by atoms with Crippen molar-refractivity contribution in [2.75, 3.05) is 0 Å². The Morgan fingerprint density at radius 2 is 2.29 bits per heavy atom. The van der Waals surface area contributed by atoms with Crippen LogP contribution in [0.5, 0.6) is 0 Å². The minimum absolute atomic E-state index is 0.281. The van der Waals surface area contributed by atoms with E-state index in [4.69, 9.17) is 4.42 Å². The number of hydrogen-bond donors (Lipinski definition) is 1. The first-order valence-electron chi connectivity index (χ1n) is 6.95. The molecule has 3 heterocycles. The van der Waals surface area contributed by atoms with E-state index in [-0.39, 0.29) is 12.1 Å². The van der Waals surface area contributed by atoms with Gasteiger partial charge in [0.2, 0.25) is 5.89 Å². The van der Waals surface area contributed by atoms with Gasteiger partial charge in [-0.15, -0.1) is 11.3 Å². The Morgan fingerprint density at radius 3 is 3.00 bits per heavy atom. The van der Waals surface area contributed by atoms with E-state index in [0.717, 1.165) is 10.6 Å². The number of rotatable bonds is 6. The predicted octanol–water partition coefficient (Wildman–Crippen LogP) is 3.34. The highest BCUT2D eigenvalue weighted by Gasteiger charge is 2.14. The van der Waals surface area contributed by atoms with Crippen molar-refractivity contribution in [2.45, 2.75) is 32.5 Å². The minimum atomic E-state index is 0.281. The lowest BCUT2D eigenvalue weighted by atomic mass is 10.2. The molecular weight excluding hydrogens is 284 g/mol. The largest absolute Gasteiger partial charge is 0.444 e. The van der Waals surface area contributed by atoms with Crippen molar-refractivity contribution < 1.29 is 4.42 Å². The third-order valence-corrected chi connectivity index (χ3v) is 4.41. The standard InChI is InChI=1S/C15H18N4OS/c1-11(12(2)19-7-4-6-17-19)16-9-13-10-20-15(18-13)14-5-3-8-21-14/h3-8,10-12,16H,9H2,1-2H3/t11-,12+/m0/s1. The summed E-state index contributed by atoms with van der Waals surface area (Å²) in [6.45, 7) is 4.97. The van der Waals surface area contributed by atoms with Gasteiger partial charge in [0.05, 0.1) is 16.6 Å². The highest BCUT2D eigenvalue weighted by molar-refractivity contribution is 7.13. The summed E-state index contributed by atoms with van der Waals surface area (Å²) in [5.74, 6) is 0.689. The first-order chi connectivity index (χ1) is 10.2. The monoisotopic (exact) mass is 302 g/mol. The molecule has 21 heavy (non-hydrogen) atoms. The van der Waals surface area contributed by atoms with Crippen LogP contribution in [-0.2, 0) is 6.54 Å². The van der Waals surface area contributed by atoms with Crippen LogP contribution in [0.25, 0.3) is 10.8 Å². The van der Waals surface area contributed by atoms with Crippen LogP contribution >= 0.6 is 11.3 Å². The molecule has 0 aliphatic heterocycles. The fourth-order valence-corrected chi connectivity index (χ4v) is 2.74. The van der Waals surface area contributed by atoms with Gasteiger partial charge in [-0.1, -0.05) is 6.07 Å². The fourth-order valence-electron chi connectivity index (χ4n) is 2.09. The van der Waals surface area contributed by atoms with E-state index in [2.05, 4.69) is 29.2 Å². The second-order valence-corrected chi connectivity index (χ2v) is 5.97. The van der Waals surface area contributed by atoms with E-state index in [9.17, 15) is 0 Å². The summed E-state index contributed by atoms with van der Waals surface area (Å²) in [5.41, 5.74) is 0.915. The summed E-state index contributed by atoms with van der Waals surface area (Å²) in [7, 11) is 0. The molecule has 0 aliphatic carbocycles. The van der Waals surface area contributed by atoms with Crippen LogP contribution in [0, 0.1) is 0 Å². The van der Waals surface area contributed by atoms with Crippen molar-refractivity contribution in [3.8, 4) is 10.8 Å². The maximum atomic E-state index is 5.52. The minimum Gasteiger partial charge on any atom is -0.444 e. The Kier molecular flexibility index (Phi) is 4.17. The van der Waals surface area contributed by atoms with Gasteiger partial charge in [0.1, 0.15) is 6.26 Å². The molecular formula is C15H18N4OS. The zero-order valence-corrected chi connectivity index (χ0v) is 12.9. The molecule has 6 heteroatoms. The highest BCUT2D eigenvalue weighted by Crippen LogP contribution is 2.23. The number of aromatic nitrogens is 3. The van der Waals surface area contributed by atoms with Gasteiger partial charge in [-0.3, -0.25) is 4.68 Å². The molecule has 0 saturated heterocycles. The van der Waals surface area contributed by atoms with Crippen LogP contribution in [0.3, 0.4) is 0 Å². The Hall–Kier alpha value is -1.92. The van der Waals surface area contributed by atoms with E-state index in [1.807, 2.05) is 34.5 Å². The van der Waals surface area contributed by atoms with E-state index >= 15 is 0 Å². The molecule has 0 spiro atoms. The van der Waals surface area contributed by atoms with Gasteiger partial charge in [-0.25, -0.2) is 4.98 Å². The molecule has 1 N–H and O–H groups in total. The number of nitrogens with zero attached hydrogens (tertiary/aromatic N) is 3. The lowest BCUT2D eigenvalue weighted by Crippen LogP contribution is -2.33. The Morgan fingerprint density at radius 1 is 1.38 bits per heavy atom. The Labute approximate surface area is 127 Å². The van der Waals surface area contributed by atoms with Gasteiger partial charge in [0, 0.05) is 25.0 Å². The SMILES string of the molecule is C[C@H](NCc1coc(-c2cccs2)n1)[C@@H](C)n1cccn1. The Balaban J connectivity index is 1.58. The van der Waals surface area contributed by atoms with Gasteiger partial charge >= 0.3 is 0 Å². The molecule has 0 amide bonds. The molecule has 0 radical (unpaired) electrons. The van der Waals surface area contributed by atoms with Crippen LogP contribution in [0.2, 0.25) is 0 Å². The molecule has 0 fully saturated rings. The average molecular weight is 302 g/mol. The number of oxazole rings is 1. The summed E-state index contributed by atoms with van der Waals surface area (Å²) >= 11 is 1.63. The molecule has 3 aromatic rings. The molecule has 3 aromatic heterocycles. The number of thiophene rings is 1. The quantitative estimate of drug-likeness (QED) is 0.759. The lowest BCUT2D eigenvalue weighted by Gasteiger charge is -2.21. The van der Waals surface area contributed by atoms with Crippen molar-refractivity contribution >= 4 is 11.3 Å². The zero-order chi connectivity index (χ0) is 14.7. The van der Waals surface area contributed by atoms with Crippen molar-refractivity contribution in [3.63, 3.8) is 0 Å². The molecule has 110 valence electrons. The molecule has 0 unspecified atom stereocenters. The summed E-state index contributed by atoms with van der Waals surface area (Å²) in [6, 6.07) is 6.51. The molecule has 3 rings (SSSR count). The molecule has 2 atom stereocenters. The van der Waals surface area contributed by atoms with Gasteiger partial charge in [0.15, 0.2) is 0 Å². The Bertz CT molecular complexity index is 660. The van der Waals surface area contributed by atoms with E-state index in [0.29, 0.717) is 12.4 Å². The van der Waals surface area contributed by atoms with Crippen molar-refractivity contribution in [2.24, 2.45) is 0 Å². The van der Waals surface area contributed by atoms with Crippen molar-refractivity contribution in [1.82, 2.24) is 20.1 Å². The average Bonchev–Trinajstić information content (AvgIpc) is 3.25. The van der Waals surface area contributed by atoms with Gasteiger partial charge in [-0.05, 0) is 31.4 Å². The summed E-state index contributed by atoms with van der Waals surface area (Å²) in [4.78, 5) is 5.56.